The maximum absolute atomic E-state index is 11.7. The highest BCUT2D eigenvalue weighted by molar-refractivity contribution is 5.54. The van der Waals surface area contributed by atoms with Crippen LogP contribution >= 0.6 is 0 Å². The number of hydrogen-bond acceptors (Lipinski definition) is 6. The van der Waals surface area contributed by atoms with Gasteiger partial charge < -0.3 is 0 Å². The lowest BCUT2D eigenvalue weighted by atomic mass is 10.2. The van der Waals surface area contributed by atoms with Crippen molar-refractivity contribution in [3.8, 4) is 11.4 Å². The second kappa shape index (κ2) is 6.15. The molecule has 3 rings (SSSR count). The summed E-state index contributed by atoms with van der Waals surface area (Å²) in [4.78, 5) is 26.4. The molecule has 110 valence electrons. The Bertz CT molecular complexity index is 803. The van der Waals surface area contributed by atoms with Crippen LogP contribution in [0.1, 0.15) is 5.56 Å². The average Bonchev–Trinajstić information content (AvgIpc) is 2.56. The Labute approximate surface area is 126 Å². The highest BCUT2D eigenvalue weighted by Crippen LogP contribution is 2.14. The summed E-state index contributed by atoms with van der Waals surface area (Å²) in [5.41, 5.74) is 1.18. The summed E-state index contributed by atoms with van der Waals surface area (Å²) >= 11 is 0. The molecule has 2 aromatic heterocycles. The van der Waals surface area contributed by atoms with Gasteiger partial charge in [-0.1, -0.05) is 30.3 Å². The first-order valence-electron chi connectivity index (χ1n) is 6.67. The van der Waals surface area contributed by atoms with Gasteiger partial charge in [0.15, 0.2) is 0 Å². The van der Waals surface area contributed by atoms with E-state index in [1.807, 2.05) is 30.3 Å². The van der Waals surface area contributed by atoms with Crippen molar-refractivity contribution in [1.29, 1.82) is 0 Å². The smallest absolute Gasteiger partial charge is 0.290 e. The molecule has 0 aliphatic heterocycles. The van der Waals surface area contributed by atoms with Crippen LogP contribution in [0.3, 0.4) is 0 Å². The Kier molecular flexibility index (Phi) is 3.88. The number of aromatic nitrogens is 4. The van der Waals surface area contributed by atoms with Gasteiger partial charge in [0.25, 0.3) is 0 Å². The molecular formula is C15H14N6O. The molecule has 0 saturated heterocycles. The van der Waals surface area contributed by atoms with Crippen molar-refractivity contribution in [2.45, 2.75) is 6.54 Å². The third-order valence-corrected chi connectivity index (χ3v) is 3.03. The number of nitrogens with zero attached hydrogens (tertiary/aromatic N) is 4. The predicted molar refractivity (Wildman–Crippen MR) is 82.7 cm³/mol. The third kappa shape index (κ3) is 3.15. The highest BCUT2D eigenvalue weighted by atomic mass is 16.1. The minimum atomic E-state index is -0.507. The van der Waals surface area contributed by atoms with Crippen molar-refractivity contribution in [3.63, 3.8) is 0 Å². The summed E-state index contributed by atoms with van der Waals surface area (Å²) in [7, 11) is 0. The number of hydrogen-bond donors (Lipinski definition) is 2. The number of aromatic amines is 1. The Morgan fingerprint density at radius 2 is 1.91 bits per heavy atom. The van der Waals surface area contributed by atoms with Gasteiger partial charge in [0.1, 0.15) is 5.82 Å². The minimum Gasteiger partial charge on any atom is -0.290 e. The first kappa shape index (κ1) is 13.9. The van der Waals surface area contributed by atoms with Crippen LogP contribution in [0.25, 0.3) is 11.4 Å². The summed E-state index contributed by atoms with van der Waals surface area (Å²) in [5, 5.41) is 1.34. The molecule has 0 bridgehead atoms. The van der Waals surface area contributed by atoms with Crippen LogP contribution in [0.5, 0.6) is 0 Å². The van der Waals surface area contributed by atoms with Gasteiger partial charge in [-0.25, -0.2) is 10.6 Å². The number of anilines is 1. The molecule has 1 aromatic carbocycles. The van der Waals surface area contributed by atoms with Gasteiger partial charge in [0, 0.05) is 18.0 Å². The van der Waals surface area contributed by atoms with E-state index in [0.717, 1.165) is 5.56 Å². The summed E-state index contributed by atoms with van der Waals surface area (Å²) in [5.74, 6) is 6.52. The molecular weight excluding hydrogens is 280 g/mol. The van der Waals surface area contributed by atoms with Gasteiger partial charge in [0.05, 0.1) is 6.54 Å². The summed E-state index contributed by atoms with van der Waals surface area (Å²) in [6.07, 6.45) is 3.26. The van der Waals surface area contributed by atoms with E-state index in [2.05, 4.69) is 19.9 Å². The van der Waals surface area contributed by atoms with E-state index < -0.39 is 5.69 Å². The molecule has 0 spiro atoms. The van der Waals surface area contributed by atoms with Gasteiger partial charge in [-0.05, 0) is 17.7 Å². The van der Waals surface area contributed by atoms with E-state index in [9.17, 15) is 4.79 Å². The molecule has 0 aliphatic rings. The van der Waals surface area contributed by atoms with Crippen LogP contribution in [-0.4, -0.2) is 19.9 Å². The minimum absolute atomic E-state index is 0.159. The van der Waals surface area contributed by atoms with Gasteiger partial charge in [0.2, 0.25) is 5.95 Å². The Hall–Kier alpha value is -3.06. The molecule has 0 fully saturated rings. The van der Waals surface area contributed by atoms with Crippen molar-refractivity contribution >= 4 is 5.95 Å². The molecule has 0 amide bonds. The van der Waals surface area contributed by atoms with Crippen molar-refractivity contribution in [3.05, 3.63) is 70.9 Å². The highest BCUT2D eigenvalue weighted by Gasteiger charge is 2.10. The summed E-state index contributed by atoms with van der Waals surface area (Å²) < 4.78 is 0. The van der Waals surface area contributed by atoms with Crippen LogP contribution in [0.15, 0.2) is 59.7 Å². The normalized spacial score (nSPS) is 10.4. The van der Waals surface area contributed by atoms with E-state index in [1.54, 1.807) is 24.5 Å². The quantitative estimate of drug-likeness (QED) is 0.552. The molecule has 0 atom stereocenters. The van der Waals surface area contributed by atoms with Crippen LogP contribution in [0.4, 0.5) is 5.95 Å². The second-order valence-electron chi connectivity index (χ2n) is 4.66. The third-order valence-electron chi connectivity index (χ3n) is 3.03. The molecule has 0 aliphatic carbocycles. The topological polar surface area (TPSA) is 101 Å². The van der Waals surface area contributed by atoms with Gasteiger partial charge in [-0.15, -0.1) is 0 Å². The standard InChI is InChI=1S/C15H14N6O/c16-21(10-11-5-2-1-3-6-11)14-18-13(19-15(22)20-14)12-7-4-8-17-9-12/h1-9H,10,16H2,(H,18,19,20,22). The monoisotopic (exact) mass is 294 g/mol. The molecule has 0 saturated carbocycles. The van der Waals surface area contributed by atoms with Crippen LogP contribution in [0, 0.1) is 0 Å². The zero-order valence-electron chi connectivity index (χ0n) is 11.7. The fourth-order valence-electron chi connectivity index (χ4n) is 1.99. The van der Waals surface area contributed by atoms with Crippen molar-refractivity contribution in [1.82, 2.24) is 19.9 Å². The number of benzene rings is 1. The van der Waals surface area contributed by atoms with E-state index in [1.165, 1.54) is 5.01 Å². The largest absolute Gasteiger partial charge is 0.349 e. The first-order chi connectivity index (χ1) is 10.7. The lowest BCUT2D eigenvalue weighted by molar-refractivity contribution is 0.791. The maximum atomic E-state index is 11.7. The Morgan fingerprint density at radius 1 is 1.09 bits per heavy atom. The number of pyridine rings is 1. The van der Waals surface area contributed by atoms with Crippen LogP contribution in [-0.2, 0) is 6.54 Å². The van der Waals surface area contributed by atoms with Crippen LogP contribution < -0.4 is 16.5 Å². The maximum Gasteiger partial charge on any atom is 0.349 e. The van der Waals surface area contributed by atoms with Crippen molar-refractivity contribution in [2.24, 2.45) is 5.84 Å². The average molecular weight is 294 g/mol. The number of nitrogens with two attached hydrogens (primary N) is 1. The molecule has 3 aromatic rings. The molecule has 3 N–H and O–H groups in total. The molecule has 0 unspecified atom stereocenters. The molecule has 7 heteroatoms. The van der Waals surface area contributed by atoms with Gasteiger partial charge in [-0.2, -0.15) is 9.97 Å². The number of rotatable bonds is 4. The zero-order chi connectivity index (χ0) is 15.4. The molecule has 22 heavy (non-hydrogen) atoms. The van der Waals surface area contributed by atoms with E-state index in [4.69, 9.17) is 5.84 Å². The Morgan fingerprint density at radius 3 is 2.64 bits per heavy atom. The second-order valence-corrected chi connectivity index (χ2v) is 4.66. The zero-order valence-corrected chi connectivity index (χ0v) is 11.7. The number of H-pyrrole nitrogens is 1. The van der Waals surface area contributed by atoms with E-state index in [-0.39, 0.29) is 5.95 Å². The van der Waals surface area contributed by atoms with Gasteiger partial charge in [-0.3, -0.25) is 15.0 Å². The molecule has 7 nitrogen and oxygen atoms in total. The SMILES string of the molecule is NN(Cc1ccccc1)c1nc(-c2cccnc2)[nH]c(=O)n1. The van der Waals surface area contributed by atoms with Crippen molar-refractivity contribution < 1.29 is 0 Å². The van der Waals surface area contributed by atoms with E-state index in [0.29, 0.717) is 17.9 Å². The summed E-state index contributed by atoms with van der Waals surface area (Å²) in [6.45, 7) is 0.400. The fourth-order valence-corrected chi connectivity index (χ4v) is 1.99. The lowest BCUT2D eigenvalue weighted by Crippen LogP contribution is -2.34. The first-order valence-corrected chi connectivity index (χ1v) is 6.67. The predicted octanol–water partition coefficient (Wildman–Crippen LogP) is 1.11. The fraction of sp³-hybridized carbons (Fsp3) is 0.0667. The lowest BCUT2D eigenvalue weighted by Gasteiger charge is -2.16. The van der Waals surface area contributed by atoms with E-state index >= 15 is 0 Å². The molecule has 2 heterocycles. The number of hydrazine groups is 1. The van der Waals surface area contributed by atoms with Crippen molar-refractivity contribution in [2.75, 3.05) is 5.01 Å². The molecule has 0 radical (unpaired) electrons. The van der Waals surface area contributed by atoms with Gasteiger partial charge >= 0.3 is 5.69 Å². The van der Waals surface area contributed by atoms with Crippen LogP contribution in [0.2, 0.25) is 0 Å². The Balaban J connectivity index is 1.91. The summed E-state index contributed by atoms with van der Waals surface area (Å²) in [6, 6.07) is 13.2. The number of nitrogens with one attached hydrogen (secondary N) is 1.